The van der Waals surface area contributed by atoms with Gasteiger partial charge < -0.3 is 4.74 Å². The summed E-state index contributed by atoms with van der Waals surface area (Å²) >= 11 is 0. The number of hydrogen-bond acceptors (Lipinski definition) is 6. The average molecular weight is 429 g/mol. The fourth-order valence-electron chi connectivity index (χ4n) is 2.98. The van der Waals surface area contributed by atoms with Gasteiger partial charge in [-0.2, -0.15) is 5.10 Å². The van der Waals surface area contributed by atoms with Crippen LogP contribution in [0.3, 0.4) is 0 Å². The highest BCUT2D eigenvalue weighted by Crippen LogP contribution is 2.31. The van der Waals surface area contributed by atoms with E-state index in [2.05, 4.69) is 14.8 Å². The van der Waals surface area contributed by atoms with Crippen LogP contribution in [0.15, 0.2) is 60.0 Å². The second-order valence-electron chi connectivity index (χ2n) is 6.78. The number of nitrogens with zero attached hydrogens (tertiary/aromatic N) is 3. The number of unbranched alkanes of at least 4 members (excludes halogenated alkanes) is 1. The SMILES string of the molecule is CCCCC(=O)NS(=O)(=O)c1ccc(OC)cc1-c1ccc(Cn2cncn2)cc1. The maximum atomic E-state index is 12.9. The van der Waals surface area contributed by atoms with E-state index in [0.29, 0.717) is 29.8 Å². The van der Waals surface area contributed by atoms with Crippen LogP contribution in [0.4, 0.5) is 0 Å². The van der Waals surface area contributed by atoms with Crippen molar-refractivity contribution in [1.82, 2.24) is 19.5 Å². The number of rotatable bonds is 9. The molecule has 0 aliphatic rings. The Morgan fingerprint density at radius 3 is 2.57 bits per heavy atom. The normalized spacial score (nSPS) is 11.3. The summed E-state index contributed by atoms with van der Waals surface area (Å²) in [6, 6.07) is 12.1. The van der Waals surface area contributed by atoms with E-state index in [9.17, 15) is 13.2 Å². The summed E-state index contributed by atoms with van der Waals surface area (Å²) in [5.74, 6) is 0.00903. The molecular weight excluding hydrogens is 404 g/mol. The van der Waals surface area contributed by atoms with Crippen LogP contribution in [0.5, 0.6) is 5.75 Å². The number of carbonyl (C=O) groups is 1. The Morgan fingerprint density at radius 1 is 1.17 bits per heavy atom. The second-order valence-corrected chi connectivity index (χ2v) is 8.44. The zero-order valence-corrected chi connectivity index (χ0v) is 17.7. The molecule has 3 rings (SSSR count). The smallest absolute Gasteiger partial charge is 0.264 e. The molecule has 0 unspecified atom stereocenters. The van der Waals surface area contributed by atoms with E-state index in [4.69, 9.17) is 4.74 Å². The van der Waals surface area contributed by atoms with E-state index < -0.39 is 15.9 Å². The molecule has 158 valence electrons. The number of carbonyl (C=O) groups excluding carboxylic acids is 1. The van der Waals surface area contributed by atoms with Gasteiger partial charge in [0.05, 0.1) is 18.6 Å². The summed E-state index contributed by atoms with van der Waals surface area (Å²) in [7, 11) is -2.51. The van der Waals surface area contributed by atoms with Crippen LogP contribution in [0, 0.1) is 0 Å². The highest BCUT2D eigenvalue weighted by atomic mass is 32.2. The molecule has 0 bridgehead atoms. The molecule has 0 spiro atoms. The molecule has 3 aromatic rings. The summed E-state index contributed by atoms with van der Waals surface area (Å²) in [6.45, 7) is 2.49. The van der Waals surface area contributed by atoms with Crippen LogP contribution in [0.2, 0.25) is 0 Å². The predicted octanol–water partition coefficient (Wildman–Crippen LogP) is 3.00. The minimum Gasteiger partial charge on any atom is -0.497 e. The molecular formula is C21H24N4O4S. The lowest BCUT2D eigenvalue weighted by atomic mass is 10.0. The number of methoxy groups -OCH3 is 1. The molecule has 0 saturated heterocycles. The van der Waals surface area contributed by atoms with Crippen molar-refractivity contribution in [1.29, 1.82) is 0 Å². The molecule has 2 aromatic carbocycles. The average Bonchev–Trinajstić information content (AvgIpc) is 3.25. The number of amides is 1. The highest BCUT2D eigenvalue weighted by molar-refractivity contribution is 7.90. The summed E-state index contributed by atoms with van der Waals surface area (Å²) in [6.07, 6.45) is 4.70. The van der Waals surface area contributed by atoms with Gasteiger partial charge >= 0.3 is 0 Å². The van der Waals surface area contributed by atoms with E-state index in [1.165, 1.54) is 19.5 Å². The van der Waals surface area contributed by atoms with E-state index in [1.807, 2.05) is 31.2 Å². The van der Waals surface area contributed by atoms with Crippen molar-refractivity contribution in [2.45, 2.75) is 37.6 Å². The van der Waals surface area contributed by atoms with E-state index in [0.717, 1.165) is 12.0 Å². The first-order chi connectivity index (χ1) is 14.4. The third-order valence-electron chi connectivity index (χ3n) is 4.56. The maximum absolute atomic E-state index is 12.9. The van der Waals surface area contributed by atoms with Crippen molar-refractivity contribution in [3.05, 3.63) is 60.7 Å². The van der Waals surface area contributed by atoms with Gasteiger partial charge in [-0.15, -0.1) is 0 Å². The molecule has 0 aliphatic heterocycles. The van der Waals surface area contributed by atoms with Crippen LogP contribution >= 0.6 is 0 Å². The first-order valence-electron chi connectivity index (χ1n) is 9.58. The van der Waals surface area contributed by atoms with Crippen molar-refractivity contribution in [3.8, 4) is 16.9 Å². The molecule has 9 heteroatoms. The third kappa shape index (κ3) is 5.24. The van der Waals surface area contributed by atoms with Gasteiger partial charge in [-0.3, -0.25) is 4.79 Å². The molecule has 0 atom stereocenters. The van der Waals surface area contributed by atoms with Gasteiger partial charge in [-0.25, -0.2) is 22.8 Å². The summed E-state index contributed by atoms with van der Waals surface area (Å²) in [4.78, 5) is 16.0. The molecule has 0 aliphatic carbocycles. The monoisotopic (exact) mass is 428 g/mol. The van der Waals surface area contributed by atoms with Crippen molar-refractivity contribution in [2.24, 2.45) is 0 Å². The second kappa shape index (κ2) is 9.53. The Hall–Kier alpha value is -3.20. The fourth-order valence-corrected chi connectivity index (χ4v) is 4.21. The zero-order chi connectivity index (χ0) is 21.6. The van der Waals surface area contributed by atoms with Gasteiger partial charge in [0.15, 0.2) is 0 Å². The summed E-state index contributed by atoms with van der Waals surface area (Å²) in [5.41, 5.74) is 2.14. The first kappa shape index (κ1) is 21.5. The van der Waals surface area contributed by atoms with Crippen LogP contribution in [0.1, 0.15) is 31.7 Å². The van der Waals surface area contributed by atoms with Crippen LogP contribution in [-0.2, 0) is 21.4 Å². The largest absolute Gasteiger partial charge is 0.497 e. The minimum absolute atomic E-state index is 0.0252. The lowest BCUT2D eigenvalue weighted by molar-refractivity contribution is -0.119. The minimum atomic E-state index is -4.02. The predicted molar refractivity (Wildman–Crippen MR) is 112 cm³/mol. The van der Waals surface area contributed by atoms with E-state index >= 15 is 0 Å². The van der Waals surface area contributed by atoms with Crippen molar-refractivity contribution >= 4 is 15.9 Å². The van der Waals surface area contributed by atoms with Crippen molar-refractivity contribution < 1.29 is 17.9 Å². The highest BCUT2D eigenvalue weighted by Gasteiger charge is 2.22. The Morgan fingerprint density at radius 2 is 1.93 bits per heavy atom. The van der Waals surface area contributed by atoms with Gasteiger partial charge in [-0.05, 0) is 35.7 Å². The van der Waals surface area contributed by atoms with E-state index in [-0.39, 0.29) is 11.3 Å². The van der Waals surface area contributed by atoms with Gasteiger partial charge in [0.2, 0.25) is 5.91 Å². The zero-order valence-electron chi connectivity index (χ0n) is 16.9. The lowest BCUT2D eigenvalue weighted by Gasteiger charge is -2.14. The molecule has 1 N–H and O–H groups in total. The molecule has 8 nitrogen and oxygen atoms in total. The Bertz CT molecular complexity index is 1090. The van der Waals surface area contributed by atoms with Gasteiger partial charge in [0.25, 0.3) is 10.0 Å². The van der Waals surface area contributed by atoms with E-state index in [1.54, 1.807) is 23.1 Å². The molecule has 1 heterocycles. The first-order valence-corrected chi connectivity index (χ1v) is 11.1. The molecule has 1 amide bonds. The quantitative estimate of drug-likeness (QED) is 0.562. The Kier molecular flexibility index (Phi) is 6.83. The number of sulfonamides is 1. The number of ether oxygens (including phenoxy) is 1. The lowest BCUT2D eigenvalue weighted by Crippen LogP contribution is -2.30. The fraction of sp³-hybridized carbons (Fsp3) is 0.286. The standard InChI is InChI=1S/C21H24N4O4S/c1-3-4-5-21(26)24-30(27,28)20-11-10-18(29-2)12-19(20)17-8-6-16(7-9-17)13-25-15-22-14-23-25/h6-12,14-15H,3-5,13H2,1-2H3,(H,24,26). The molecule has 0 radical (unpaired) electrons. The molecule has 30 heavy (non-hydrogen) atoms. The van der Waals surface area contributed by atoms with Gasteiger partial charge in [-0.1, -0.05) is 37.6 Å². The van der Waals surface area contributed by atoms with Gasteiger partial charge in [0.1, 0.15) is 18.4 Å². The topological polar surface area (TPSA) is 103 Å². The number of nitrogens with one attached hydrogen (secondary N) is 1. The molecule has 1 aromatic heterocycles. The van der Waals surface area contributed by atoms with Gasteiger partial charge in [0, 0.05) is 12.0 Å². The summed E-state index contributed by atoms with van der Waals surface area (Å²) in [5, 5.41) is 4.08. The number of aromatic nitrogens is 3. The third-order valence-corrected chi connectivity index (χ3v) is 5.99. The van der Waals surface area contributed by atoms with Crippen LogP contribution in [-0.4, -0.2) is 36.2 Å². The summed E-state index contributed by atoms with van der Waals surface area (Å²) < 4.78 is 34.9. The van der Waals surface area contributed by atoms with Crippen molar-refractivity contribution in [2.75, 3.05) is 7.11 Å². The maximum Gasteiger partial charge on any atom is 0.264 e. The number of hydrogen-bond donors (Lipinski definition) is 1. The Balaban J connectivity index is 1.92. The molecule has 0 saturated carbocycles. The van der Waals surface area contributed by atoms with Crippen molar-refractivity contribution in [3.63, 3.8) is 0 Å². The molecule has 0 fully saturated rings. The van der Waals surface area contributed by atoms with Crippen LogP contribution < -0.4 is 9.46 Å². The number of benzene rings is 2. The Labute approximate surface area is 176 Å². The van der Waals surface area contributed by atoms with Crippen LogP contribution in [0.25, 0.3) is 11.1 Å².